The molecule has 5 heteroatoms. The third-order valence-corrected chi connectivity index (χ3v) is 2.13. The third kappa shape index (κ3) is 5.25. The summed E-state index contributed by atoms with van der Waals surface area (Å²) < 4.78 is 0. The van der Waals surface area contributed by atoms with Crippen LogP contribution in [0.15, 0.2) is 35.4 Å². The van der Waals surface area contributed by atoms with E-state index in [-0.39, 0.29) is 0 Å². The maximum Gasteiger partial charge on any atom is 0.329 e. The van der Waals surface area contributed by atoms with Gasteiger partial charge in [-0.25, -0.2) is 5.43 Å². The van der Waals surface area contributed by atoms with Crippen molar-refractivity contribution in [2.75, 3.05) is 6.54 Å². The van der Waals surface area contributed by atoms with Crippen LogP contribution >= 0.6 is 0 Å². The molecule has 0 fully saturated rings. The highest BCUT2D eigenvalue weighted by Gasteiger charge is 2.11. The van der Waals surface area contributed by atoms with Gasteiger partial charge in [0.1, 0.15) is 0 Å². The lowest BCUT2D eigenvalue weighted by Gasteiger charge is -2.04. The summed E-state index contributed by atoms with van der Waals surface area (Å²) in [6, 6.07) is 9.74. The fraction of sp³-hybridized carbons (Fsp3) is 0.308. The second kappa shape index (κ2) is 7.21. The SMILES string of the molecule is CC(C)=NNC(=O)C(=O)NCCc1ccccc1. The van der Waals surface area contributed by atoms with Gasteiger partial charge in [-0.15, -0.1) is 0 Å². The van der Waals surface area contributed by atoms with Gasteiger partial charge in [-0.3, -0.25) is 9.59 Å². The van der Waals surface area contributed by atoms with Crippen LogP contribution in [-0.2, 0) is 16.0 Å². The number of rotatable bonds is 4. The normalized spacial score (nSPS) is 9.44. The Hall–Kier alpha value is -2.17. The number of hydrazone groups is 1. The van der Waals surface area contributed by atoms with Gasteiger partial charge in [0.2, 0.25) is 0 Å². The molecule has 0 unspecified atom stereocenters. The average molecular weight is 247 g/mol. The summed E-state index contributed by atoms with van der Waals surface area (Å²) in [6.45, 7) is 3.88. The van der Waals surface area contributed by atoms with E-state index in [2.05, 4.69) is 15.8 Å². The van der Waals surface area contributed by atoms with Gasteiger partial charge in [-0.05, 0) is 25.8 Å². The number of nitrogens with one attached hydrogen (secondary N) is 2. The summed E-state index contributed by atoms with van der Waals surface area (Å²) in [6.07, 6.45) is 0.690. The molecule has 0 saturated heterocycles. The summed E-state index contributed by atoms with van der Waals surface area (Å²) in [7, 11) is 0. The van der Waals surface area contributed by atoms with Crippen LogP contribution in [0.5, 0.6) is 0 Å². The van der Waals surface area contributed by atoms with Crippen molar-refractivity contribution in [2.45, 2.75) is 20.3 Å². The zero-order valence-electron chi connectivity index (χ0n) is 10.6. The minimum absolute atomic E-state index is 0.422. The van der Waals surface area contributed by atoms with Gasteiger partial charge in [0, 0.05) is 12.3 Å². The van der Waals surface area contributed by atoms with Gasteiger partial charge < -0.3 is 5.32 Å². The van der Waals surface area contributed by atoms with E-state index in [4.69, 9.17) is 0 Å². The molecule has 0 atom stereocenters. The van der Waals surface area contributed by atoms with Crippen molar-refractivity contribution >= 4 is 17.5 Å². The van der Waals surface area contributed by atoms with Crippen LogP contribution in [0.4, 0.5) is 0 Å². The largest absolute Gasteiger partial charge is 0.347 e. The Morgan fingerprint density at radius 1 is 1.11 bits per heavy atom. The van der Waals surface area contributed by atoms with Crippen LogP contribution in [-0.4, -0.2) is 24.1 Å². The Morgan fingerprint density at radius 2 is 1.78 bits per heavy atom. The molecule has 0 bridgehead atoms. The monoisotopic (exact) mass is 247 g/mol. The molecule has 96 valence electrons. The Kier molecular flexibility index (Phi) is 5.57. The molecule has 1 aromatic rings. The molecular weight excluding hydrogens is 230 g/mol. The smallest absolute Gasteiger partial charge is 0.329 e. The van der Waals surface area contributed by atoms with Crippen molar-refractivity contribution < 1.29 is 9.59 Å². The van der Waals surface area contributed by atoms with E-state index in [1.54, 1.807) is 13.8 Å². The van der Waals surface area contributed by atoms with E-state index in [1.807, 2.05) is 30.3 Å². The van der Waals surface area contributed by atoms with Crippen LogP contribution in [0.1, 0.15) is 19.4 Å². The highest BCUT2D eigenvalue weighted by atomic mass is 16.2. The number of amides is 2. The predicted octanol–water partition coefficient (Wildman–Crippen LogP) is 0.857. The molecule has 0 aliphatic heterocycles. The zero-order chi connectivity index (χ0) is 13.4. The topological polar surface area (TPSA) is 70.6 Å². The van der Waals surface area contributed by atoms with Crippen molar-refractivity contribution in [2.24, 2.45) is 5.10 Å². The van der Waals surface area contributed by atoms with E-state index in [0.717, 1.165) is 5.56 Å². The predicted molar refractivity (Wildman–Crippen MR) is 70.1 cm³/mol. The lowest BCUT2D eigenvalue weighted by atomic mass is 10.1. The van der Waals surface area contributed by atoms with Crippen LogP contribution in [0.3, 0.4) is 0 Å². The second-order valence-corrected chi connectivity index (χ2v) is 3.99. The van der Waals surface area contributed by atoms with E-state index >= 15 is 0 Å². The zero-order valence-corrected chi connectivity index (χ0v) is 10.6. The molecule has 0 heterocycles. The molecule has 2 N–H and O–H groups in total. The highest BCUT2D eigenvalue weighted by Crippen LogP contribution is 1.97. The maximum absolute atomic E-state index is 11.4. The van der Waals surface area contributed by atoms with Crippen molar-refractivity contribution in [1.82, 2.24) is 10.7 Å². The molecule has 0 radical (unpaired) electrons. The van der Waals surface area contributed by atoms with Gasteiger partial charge in [0.05, 0.1) is 0 Å². The van der Waals surface area contributed by atoms with Gasteiger partial charge >= 0.3 is 11.8 Å². The minimum Gasteiger partial charge on any atom is -0.347 e. The van der Waals surface area contributed by atoms with Crippen LogP contribution in [0.25, 0.3) is 0 Å². The number of carbonyl (C=O) groups is 2. The van der Waals surface area contributed by atoms with Crippen molar-refractivity contribution in [3.63, 3.8) is 0 Å². The molecule has 18 heavy (non-hydrogen) atoms. The van der Waals surface area contributed by atoms with Crippen molar-refractivity contribution in [3.8, 4) is 0 Å². The first-order valence-corrected chi connectivity index (χ1v) is 5.72. The Labute approximate surface area is 106 Å². The first kappa shape index (κ1) is 13.9. The Morgan fingerprint density at radius 3 is 2.39 bits per heavy atom. The van der Waals surface area contributed by atoms with Gasteiger partial charge in [0.15, 0.2) is 0 Å². The summed E-state index contributed by atoms with van der Waals surface area (Å²) in [4.78, 5) is 22.6. The second-order valence-electron chi connectivity index (χ2n) is 3.99. The highest BCUT2D eigenvalue weighted by molar-refractivity contribution is 6.35. The van der Waals surface area contributed by atoms with Crippen molar-refractivity contribution in [1.29, 1.82) is 0 Å². The Balaban J connectivity index is 2.29. The van der Waals surface area contributed by atoms with E-state index in [9.17, 15) is 9.59 Å². The maximum atomic E-state index is 11.4. The number of nitrogens with zero attached hydrogens (tertiary/aromatic N) is 1. The fourth-order valence-electron chi connectivity index (χ4n) is 1.26. The quantitative estimate of drug-likeness (QED) is 0.470. The van der Waals surface area contributed by atoms with Crippen LogP contribution in [0.2, 0.25) is 0 Å². The summed E-state index contributed by atoms with van der Waals surface area (Å²) in [5, 5.41) is 6.20. The summed E-state index contributed by atoms with van der Waals surface area (Å²) in [5.74, 6) is -1.42. The summed E-state index contributed by atoms with van der Waals surface area (Å²) in [5.41, 5.74) is 3.96. The molecule has 0 aliphatic carbocycles. The van der Waals surface area contributed by atoms with Crippen molar-refractivity contribution in [3.05, 3.63) is 35.9 Å². The van der Waals surface area contributed by atoms with E-state index in [1.165, 1.54) is 0 Å². The number of hydrogen-bond donors (Lipinski definition) is 2. The van der Waals surface area contributed by atoms with Gasteiger partial charge in [-0.1, -0.05) is 30.3 Å². The van der Waals surface area contributed by atoms with Gasteiger partial charge in [0.25, 0.3) is 0 Å². The number of hydrogen-bond acceptors (Lipinski definition) is 3. The molecular formula is C13H17N3O2. The summed E-state index contributed by atoms with van der Waals surface area (Å²) >= 11 is 0. The van der Waals surface area contributed by atoms with E-state index in [0.29, 0.717) is 18.7 Å². The molecule has 2 amide bonds. The van der Waals surface area contributed by atoms with Crippen LogP contribution in [0, 0.1) is 0 Å². The molecule has 5 nitrogen and oxygen atoms in total. The first-order valence-electron chi connectivity index (χ1n) is 5.72. The fourth-order valence-corrected chi connectivity index (χ4v) is 1.26. The minimum atomic E-state index is -0.746. The Bertz CT molecular complexity index is 437. The standard InChI is InChI=1S/C13H17N3O2/c1-10(2)15-16-13(18)12(17)14-9-8-11-6-4-3-5-7-11/h3-7H,8-9H2,1-2H3,(H,14,17)(H,16,18). The first-order chi connectivity index (χ1) is 8.59. The van der Waals surface area contributed by atoms with E-state index < -0.39 is 11.8 Å². The number of carbonyl (C=O) groups excluding carboxylic acids is 2. The molecule has 0 aromatic heterocycles. The lowest BCUT2D eigenvalue weighted by molar-refractivity contribution is -0.139. The molecule has 0 saturated carbocycles. The molecule has 0 spiro atoms. The van der Waals surface area contributed by atoms with Crippen LogP contribution < -0.4 is 10.7 Å². The lowest BCUT2D eigenvalue weighted by Crippen LogP contribution is -2.38. The molecule has 1 aromatic carbocycles. The molecule has 0 aliphatic rings. The van der Waals surface area contributed by atoms with Gasteiger partial charge in [-0.2, -0.15) is 5.10 Å². The number of benzene rings is 1. The third-order valence-electron chi connectivity index (χ3n) is 2.13. The molecule has 1 rings (SSSR count). The average Bonchev–Trinajstić information content (AvgIpc) is 2.37.